The van der Waals surface area contributed by atoms with Gasteiger partial charge >= 0.3 is 0 Å². The number of carbonyl (C=O) groups excluding carboxylic acids is 1. The maximum absolute atomic E-state index is 12.0. The van der Waals surface area contributed by atoms with E-state index in [9.17, 15) is 4.79 Å². The highest BCUT2D eigenvalue weighted by Gasteiger charge is 2.08. The summed E-state index contributed by atoms with van der Waals surface area (Å²) >= 11 is 5.15. The molecule has 3 rings (SSSR count). The molecule has 0 saturated heterocycles. The Hall–Kier alpha value is -2.93. The van der Waals surface area contributed by atoms with Crippen molar-refractivity contribution in [3.8, 4) is 0 Å². The van der Waals surface area contributed by atoms with Crippen LogP contribution in [0.4, 0.5) is 5.69 Å². The number of aromatic amines is 1. The number of para-hydroxylation sites is 2. The number of hydrogen-bond donors (Lipinski definition) is 4. The van der Waals surface area contributed by atoms with Crippen LogP contribution >= 0.6 is 12.2 Å². The van der Waals surface area contributed by atoms with Gasteiger partial charge in [0.25, 0.3) is 0 Å². The predicted molar refractivity (Wildman–Crippen MR) is 98.5 cm³/mol. The highest BCUT2D eigenvalue weighted by Crippen LogP contribution is 2.10. The lowest BCUT2D eigenvalue weighted by Gasteiger charge is -2.11. The smallest absolute Gasteiger partial charge is 0.245 e. The van der Waals surface area contributed by atoms with Gasteiger partial charge in [-0.05, 0) is 49.0 Å². The number of carbonyl (C=O) groups is 1. The number of aromatic nitrogens is 2. The van der Waals surface area contributed by atoms with Gasteiger partial charge < -0.3 is 10.3 Å². The molecule has 7 heteroatoms. The van der Waals surface area contributed by atoms with Crippen LogP contribution in [0.2, 0.25) is 0 Å². The number of aryl methyl sites for hydroxylation is 1. The monoisotopic (exact) mass is 339 g/mol. The zero-order valence-corrected chi connectivity index (χ0v) is 13.9. The van der Waals surface area contributed by atoms with Crippen LogP contribution in [0, 0.1) is 6.92 Å². The zero-order chi connectivity index (χ0) is 16.9. The number of thiocarbonyl (C=S) groups is 1. The van der Waals surface area contributed by atoms with Gasteiger partial charge in [-0.1, -0.05) is 24.3 Å². The molecule has 24 heavy (non-hydrogen) atoms. The molecular formula is C17H17N5OS. The predicted octanol–water partition coefficient (Wildman–Crippen LogP) is 2.43. The first-order chi connectivity index (χ1) is 11.6. The van der Waals surface area contributed by atoms with E-state index in [0.717, 1.165) is 22.3 Å². The van der Waals surface area contributed by atoms with E-state index >= 15 is 0 Å². The van der Waals surface area contributed by atoms with Crippen molar-refractivity contribution in [3.63, 3.8) is 0 Å². The summed E-state index contributed by atoms with van der Waals surface area (Å²) in [5, 5.41) is 3.32. The maximum atomic E-state index is 12.0. The van der Waals surface area contributed by atoms with Crippen molar-refractivity contribution in [2.45, 2.75) is 13.3 Å². The fourth-order valence-electron chi connectivity index (χ4n) is 2.30. The molecule has 1 heterocycles. The first-order valence-electron chi connectivity index (χ1n) is 7.46. The number of rotatable bonds is 3. The third-order valence-electron chi connectivity index (χ3n) is 3.36. The Morgan fingerprint density at radius 2 is 2.00 bits per heavy atom. The van der Waals surface area contributed by atoms with Gasteiger partial charge in [0, 0.05) is 5.69 Å². The molecule has 0 aliphatic heterocycles. The second-order valence-corrected chi connectivity index (χ2v) is 5.78. The summed E-state index contributed by atoms with van der Waals surface area (Å²) in [5.74, 6) is 0.371. The van der Waals surface area contributed by atoms with Crippen molar-refractivity contribution in [2.75, 3.05) is 5.32 Å². The minimum absolute atomic E-state index is 0.134. The van der Waals surface area contributed by atoms with Gasteiger partial charge in [0.2, 0.25) is 5.91 Å². The molecule has 3 aromatic rings. The normalized spacial score (nSPS) is 10.4. The lowest BCUT2D eigenvalue weighted by Crippen LogP contribution is -2.44. The average molecular weight is 339 g/mol. The number of hydrogen-bond acceptors (Lipinski definition) is 3. The van der Waals surface area contributed by atoms with Crippen LogP contribution in [0.3, 0.4) is 0 Å². The van der Waals surface area contributed by atoms with Gasteiger partial charge in [0.15, 0.2) is 5.11 Å². The van der Waals surface area contributed by atoms with E-state index in [1.807, 2.05) is 55.5 Å². The highest BCUT2D eigenvalue weighted by atomic mass is 32.1. The number of H-pyrrole nitrogens is 1. The van der Waals surface area contributed by atoms with Gasteiger partial charge in [0.05, 0.1) is 17.5 Å². The van der Waals surface area contributed by atoms with Crippen molar-refractivity contribution in [1.82, 2.24) is 20.8 Å². The summed E-state index contributed by atoms with van der Waals surface area (Å²) in [6.45, 7) is 2.00. The molecular weight excluding hydrogens is 322 g/mol. The zero-order valence-electron chi connectivity index (χ0n) is 13.1. The second kappa shape index (κ2) is 7.10. The largest absolute Gasteiger partial charge is 0.342 e. The topological polar surface area (TPSA) is 81.8 Å². The van der Waals surface area contributed by atoms with Gasteiger partial charge in [-0.15, -0.1) is 0 Å². The van der Waals surface area contributed by atoms with E-state index in [1.165, 1.54) is 0 Å². The van der Waals surface area contributed by atoms with Crippen LogP contribution in [0.5, 0.6) is 0 Å². The number of nitrogens with zero attached hydrogens (tertiary/aromatic N) is 1. The lowest BCUT2D eigenvalue weighted by atomic mass is 10.2. The number of imidazole rings is 1. The van der Waals surface area contributed by atoms with E-state index in [0.29, 0.717) is 10.9 Å². The fourth-order valence-corrected chi connectivity index (χ4v) is 2.47. The molecule has 0 unspecified atom stereocenters. The van der Waals surface area contributed by atoms with Crippen LogP contribution in [0.1, 0.15) is 11.4 Å². The van der Waals surface area contributed by atoms with E-state index in [2.05, 4.69) is 26.1 Å². The number of hydrazine groups is 1. The first-order valence-corrected chi connectivity index (χ1v) is 7.87. The molecule has 1 aromatic heterocycles. The number of nitrogens with one attached hydrogen (secondary N) is 4. The van der Waals surface area contributed by atoms with E-state index < -0.39 is 0 Å². The number of fused-ring (bicyclic) bond motifs is 1. The van der Waals surface area contributed by atoms with Crippen LogP contribution in [-0.2, 0) is 11.2 Å². The number of anilines is 1. The maximum Gasteiger partial charge on any atom is 0.245 e. The van der Waals surface area contributed by atoms with E-state index in [4.69, 9.17) is 12.2 Å². The molecule has 2 aromatic carbocycles. The summed E-state index contributed by atoms with van der Waals surface area (Å²) in [6.07, 6.45) is 0.134. The molecule has 0 aliphatic rings. The Morgan fingerprint density at radius 1 is 1.17 bits per heavy atom. The SMILES string of the molecule is Cc1cccc(NC(=S)NNC(=O)Cc2nc3ccccc3[nH]2)c1. The summed E-state index contributed by atoms with van der Waals surface area (Å²) < 4.78 is 0. The van der Waals surface area contributed by atoms with Crippen molar-refractivity contribution >= 4 is 40.0 Å². The first kappa shape index (κ1) is 15.9. The molecule has 0 aliphatic carbocycles. The molecule has 6 nitrogen and oxygen atoms in total. The molecule has 0 radical (unpaired) electrons. The molecule has 4 N–H and O–H groups in total. The van der Waals surface area contributed by atoms with E-state index in [1.54, 1.807) is 0 Å². The number of benzene rings is 2. The van der Waals surface area contributed by atoms with Crippen molar-refractivity contribution in [2.24, 2.45) is 0 Å². The Kier molecular flexibility index (Phi) is 4.72. The summed E-state index contributed by atoms with van der Waals surface area (Å²) in [6, 6.07) is 15.4. The summed E-state index contributed by atoms with van der Waals surface area (Å²) in [5.41, 5.74) is 8.97. The quantitative estimate of drug-likeness (QED) is 0.435. The lowest BCUT2D eigenvalue weighted by molar-refractivity contribution is -0.121. The second-order valence-electron chi connectivity index (χ2n) is 5.37. The molecule has 0 bridgehead atoms. The molecule has 0 saturated carbocycles. The Balaban J connectivity index is 1.50. The third-order valence-corrected chi connectivity index (χ3v) is 3.56. The minimum Gasteiger partial charge on any atom is -0.342 e. The Bertz CT molecular complexity index is 856. The summed E-state index contributed by atoms with van der Waals surface area (Å²) in [7, 11) is 0. The van der Waals surface area contributed by atoms with Crippen molar-refractivity contribution in [3.05, 3.63) is 59.9 Å². The molecule has 0 spiro atoms. The van der Waals surface area contributed by atoms with Gasteiger partial charge in [-0.3, -0.25) is 15.6 Å². The van der Waals surface area contributed by atoms with Gasteiger partial charge in [-0.25, -0.2) is 4.98 Å². The van der Waals surface area contributed by atoms with Gasteiger partial charge in [0.1, 0.15) is 5.82 Å². The Morgan fingerprint density at radius 3 is 2.79 bits per heavy atom. The molecule has 122 valence electrons. The van der Waals surface area contributed by atoms with Crippen LogP contribution < -0.4 is 16.2 Å². The number of amides is 1. The summed E-state index contributed by atoms with van der Waals surface area (Å²) in [4.78, 5) is 19.5. The minimum atomic E-state index is -0.234. The standard InChI is InChI=1S/C17H17N5OS/c1-11-5-4-6-12(9-11)18-17(24)22-21-16(23)10-15-19-13-7-2-3-8-14(13)20-15/h2-9H,10H2,1H3,(H,19,20)(H,21,23)(H2,18,22,24). The van der Waals surface area contributed by atoms with Gasteiger partial charge in [-0.2, -0.15) is 0 Å². The fraction of sp³-hybridized carbons (Fsp3) is 0.118. The van der Waals surface area contributed by atoms with Crippen molar-refractivity contribution in [1.29, 1.82) is 0 Å². The Labute approximate surface area is 144 Å². The molecule has 0 atom stereocenters. The van der Waals surface area contributed by atoms with E-state index in [-0.39, 0.29) is 12.3 Å². The third kappa shape index (κ3) is 4.08. The van der Waals surface area contributed by atoms with Crippen molar-refractivity contribution < 1.29 is 4.79 Å². The highest BCUT2D eigenvalue weighted by molar-refractivity contribution is 7.80. The average Bonchev–Trinajstić information content (AvgIpc) is 2.95. The van der Waals surface area contributed by atoms with Crippen LogP contribution in [0.25, 0.3) is 11.0 Å². The van der Waals surface area contributed by atoms with Crippen LogP contribution in [-0.4, -0.2) is 21.0 Å². The van der Waals surface area contributed by atoms with Crippen LogP contribution in [0.15, 0.2) is 48.5 Å². The molecule has 1 amide bonds. The molecule has 0 fully saturated rings.